The highest BCUT2D eigenvalue weighted by molar-refractivity contribution is 14.1. The van der Waals surface area contributed by atoms with E-state index in [2.05, 4.69) is 27.6 Å². The van der Waals surface area contributed by atoms with Gasteiger partial charge in [0.15, 0.2) is 0 Å². The van der Waals surface area contributed by atoms with Crippen molar-refractivity contribution in [1.29, 1.82) is 0 Å². The predicted molar refractivity (Wildman–Crippen MR) is 105 cm³/mol. The van der Waals surface area contributed by atoms with Gasteiger partial charge >= 0.3 is 0 Å². The van der Waals surface area contributed by atoms with Gasteiger partial charge in [-0.3, -0.25) is 19.5 Å². The molecule has 1 aromatic heterocycles. The fourth-order valence-electron chi connectivity index (χ4n) is 3.05. The summed E-state index contributed by atoms with van der Waals surface area (Å²) < 4.78 is 0.664. The van der Waals surface area contributed by atoms with Crippen LogP contribution in [0.2, 0.25) is 5.02 Å². The molecule has 124 valence electrons. The minimum atomic E-state index is -0.258. The first-order valence-electron chi connectivity index (χ1n) is 7.68. The zero-order valence-electron chi connectivity index (χ0n) is 13.0. The molecule has 0 radical (unpaired) electrons. The number of para-hydroxylation sites is 1. The average molecular weight is 463 g/mol. The Labute approximate surface area is 162 Å². The standard InChI is InChI=1S/C19H12ClIN2O2/c20-15-7-3-4-11-8-12(16(9-21)22-17(11)15)10-23-18(24)13-5-1-2-6-14(13)19(23)25/h1-8H,9-10H2. The van der Waals surface area contributed by atoms with Gasteiger partial charge in [0.1, 0.15) is 0 Å². The van der Waals surface area contributed by atoms with Crippen molar-refractivity contribution in [3.05, 3.63) is 75.9 Å². The SMILES string of the molecule is O=C1c2ccccc2C(=O)N1Cc1cc2cccc(Cl)c2nc1CI. The number of pyridine rings is 1. The van der Waals surface area contributed by atoms with Gasteiger partial charge in [-0.25, -0.2) is 0 Å². The maximum absolute atomic E-state index is 12.6. The molecule has 4 nitrogen and oxygen atoms in total. The molecule has 0 saturated heterocycles. The Morgan fingerprint density at radius 1 is 1.00 bits per heavy atom. The smallest absolute Gasteiger partial charge is 0.261 e. The van der Waals surface area contributed by atoms with Crippen LogP contribution in [0.1, 0.15) is 32.0 Å². The summed E-state index contributed by atoms with van der Waals surface area (Å²) >= 11 is 8.46. The van der Waals surface area contributed by atoms with Gasteiger partial charge in [-0.2, -0.15) is 0 Å². The Kier molecular flexibility index (Phi) is 4.21. The molecule has 2 heterocycles. The lowest BCUT2D eigenvalue weighted by Crippen LogP contribution is -2.29. The molecular weight excluding hydrogens is 451 g/mol. The number of hydrogen-bond acceptors (Lipinski definition) is 3. The van der Waals surface area contributed by atoms with E-state index in [4.69, 9.17) is 11.6 Å². The van der Waals surface area contributed by atoms with Crippen LogP contribution >= 0.6 is 34.2 Å². The van der Waals surface area contributed by atoms with Crippen LogP contribution < -0.4 is 0 Å². The number of hydrogen-bond donors (Lipinski definition) is 0. The van der Waals surface area contributed by atoms with Crippen molar-refractivity contribution in [3.63, 3.8) is 0 Å². The number of nitrogens with zero attached hydrogens (tertiary/aromatic N) is 2. The number of amides is 2. The number of halogens is 2. The fourth-order valence-corrected chi connectivity index (χ4v) is 3.93. The lowest BCUT2D eigenvalue weighted by atomic mass is 10.1. The third-order valence-electron chi connectivity index (χ3n) is 4.30. The van der Waals surface area contributed by atoms with Gasteiger partial charge in [0.05, 0.1) is 33.9 Å². The van der Waals surface area contributed by atoms with E-state index in [-0.39, 0.29) is 18.4 Å². The Morgan fingerprint density at radius 2 is 1.68 bits per heavy atom. The van der Waals surface area contributed by atoms with Gasteiger partial charge in [-0.1, -0.05) is 58.5 Å². The molecule has 0 bridgehead atoms. The Bertz CT molecular complexity index is 1000. The first kappa shape index (κ1) is 16.5. The largest absolute Gasteiger partial charge is 0.270 e. The van der Waals surface area contributed by atoms with Crippen LogP contribution in [0.3, 0.4) is 0 Å². The number of aromatic nitrogens is 1. The lowest BCUT2D eigenvalue weighted by molar-refractivity contribution is 0.0642. The third-order valence-corrected chi connectivity index (χ3v) is 5.33. The van der Waals surface area contributed by atoms with Crippen molar-refractivity contribution in [2.24, 2.45) is 0 Å². The number of benzene rings is 2. The van der Waals surface area contributed by atoms with Crippen LogP contribution in [0.4, 0.5) is 0 Å². The Morgan fingerprint density at radius 3 is 2.32 bits per heavy atom. The second kappa shape index (κ2) is 6.38. The first-order chi connectivity index (χ1) is 12.1. The van der Waals surface area contributed by atoms with E-state index in [0.29, 0.717) is 20.6 Å². The Hall–Kier alpha value is -1.99. The molecule has 0 saturated carbocycles. The van der Waals surface area contributed by atoms with Crippen molar-refractivity contribution in [2.75, 3.05) is 0 Å². The third kappa shape index (κ3) is 2.71. The summed E-state index contributed by atoms with van der Waals surface area (Å²) in [6.45, 7) is 0.208. The fraction of sp³-hybridized carbons (Fsp3) is 0.105. The summed E-state index contributed by atoms with van der Waals surface area (Å²) in [7, 11) is 0. The maximum Gasteiger partial charge on any atom is 0.261 e. The minimum absolute atomic E-state index is 0.208. The molecule has 2 aromatic carbocycles. The molecule has 0 atom stereocenters. The van der Waals surface area contributed by atoms with Crippen LogP contribution in [0.25, 0.3) is 10.9 Å². The van der Waals surface area contributed by atoms with Crippen molar-refractivity contribution >= 4 is 56.9 Å². The maximum atomic E-state index is 12.6. The van der Waals surface area contributed by atoms with E-state index in [9.17, 15) is 9.59 Å². The summed E-state index contributed by atoms with van der Waals surface area (Å²) in [4.78, 5) is 31.1. The number of imide groups is 1. The zero-order chi connectivity index (χ0) is 17.6. The highest BCUT2D eigenvalue weighted by Gasteiger charge is 2.35. The molecule has 0 spiro atoms. The molecule has 0 aliphatic carbocycles. The molecule has 0 fully saturated rings. The molecule has 25 heavy (non-hydrogen) atoms. The van der Waals surface area contributed by atoms with E-state index in [1.165, 1.54) is 4.90 Å². The topological polar surface area (TPSA) is 50.3 Å². The number of alkyl halides is 1. The molecule has 1 aliphatic rings. The Balaban J connectivity index is 1.77. The average Bonchev–Trinajstić information content (AvgIpc) is 2.87. The number of rotatable bonds is 3. The van der Waals surface area contributed by atoms with E-state index < -0.39 is 0 Å². The van der Waals surface area contributed by atoms with Gasteiger partial charge in [0.25, 0.3) is 11.8 Å². The van der Waals surface area contributed by atoms with Crippen LogP contribution in [0, 0.1) is 0 Å². The van der Waals surface area contributed by atoms with Gasteiger partial charge in [-0.15, -0.1) is 0 Å². The summed E-state index contributed by atoms with van der Waals surface area (Å²) in [5.74, 6) is -0.516. The highest BCUT2D eigenvalue weighted by Crippen LogP contribution is 2.28. The van der Waals surface area contributed by atoms with Gasteiger partial charge < -0.3 is 0 Å². The molecule has 6 heteroatoms. The minimum Gasteiger partial charge on any atom is -0.270 e. The normalized spacial score (nSPS) is 13.6. The lowest BCUT2D eigenvalue weighted by Gasteiger charge is -2.16. The van der Waals surface area contributed by atoms with Gasteiger partial charge in [-0.05, 0) is 29.8 Å². The van der Waals surface area contributed by atoms with Crippen LogP contribution in [-0.2, 0) is 11.0 Å². The van der Waals surface area contributed by atoms with E-state index >= 15 is 0 Å². The molecule has 0 unspecified atom stereocenters. The van der Waals surface area contributed by atoms with Gasteiger partial charge in [0, 0.05) is 9.81 Å². The van der Waals surface area contributed by atoms with Crippen LogP contribution in [0.15, 0.2) is 48.5 Å². The summed E-state index contributed by atoms with van der Waals surface area (Å²) in [6.07, 6.45) is 0. The zero-order valence-corrected chi connectivity index (χ0v) is 15.9. The monoisotopic (exact) mass is 462 g/mol. The molecule has 1 aliphatic heterocycles. The number of fused-ring (bicyclic) bond motifs is 2. The highest BCUT2D eigenvalue weighted by atomic mass is 127. The summed E-state index contributed by atoms with van der Waals surface area (Å²) in [5, 5.41) is 1.49. The van der Waals surface area contributed by atoms with E-state index in [1.807, 2.05) is 18.2 Å². The van der Waals surface area contributed by atoms with E-state index in [1.54, 1.807) is 30.3 Å². The van der Waals surface area contributed by atoms with Crippen LogP contribution in [0.5, 0.6) is 0 Å². The van der Waals surface area contributed by atoms with Crippen LogP contribution in [-0.4, -0.2) is 21.7 Å². The summed E-state index contributed by atoms with van der Waals surface area (Å²) in [6, 6.07) is 14.5. The van der Waals surface area contributed by atoms with Crippen molar-refractivity contribution in [1.82, 2.24) is 9.88 Å². The quantitative estimate of drug-likeness (QED) is 0.324. The van der Waals surface area contributed by atoms with Crippen molar-refractivity contribution < 1.29 is 9.59 Å². The molecule has 2 amide bonds. The van der Waals surface area contributed by atoms with E-state index in [0.717, 1.165) is 22.2 Å². The number of carbonyl (C=O) groups excluding carboxylic acids is 2. The number of carbonyl (C=O) groups is 2. The first-order valence-corrected chi connectivity index (χ1v) is 9.58. The van der Waals surface area contributed by atoms with Crippen molar-refractivity contribution in [3.8, 4) is 0 Å². The second-order valence-electron chi connectivity index (χ2n) is 5.78. The molecule has 0 N–H and O–H groups in total. The predicted octanol–water partition coefficient (Wildman–Crippen LogP) is 4.62. The van der Waals surface area contributed by atoms with Gasteiger partial charge in [0.2, 0.25) is 0 Å². The summed E-state index contributed by atoms with van der Waals surface area (Å²) in [5.41, 5.74) is 3.35. The molecule has 3 aromatic rings. The molecule has 4 rings (SSSR count). The second-order valence-corrected chi connectivity index (χ2v) is 6.95. The molecular formula is C19H12ClIN2O2. The van der Waals surface area contributed by atoms with Crippen molar-refractivity contribution in [2.45, 2.75) is 11.0 Å².